The molecule has 0 aromatic heterocycles. The standard InChI is InChI=1S/C15H24O2SeSi/c1-15(2,3)19(4,5)17-12-14(11-16)18-13-9-7-6-8-10-13/h6-11,14H,12H2,1-5H3/t14-/m1/s1. The van der Waals surface area contributed by atoms with E-state index in [2.05, 4.69) is 46.0 Å². The van der Waals surface area contributed by atoms with Gasteiger partial charge in [0.25, 0.3) is 0 Å². The second kappa shape index (κ2) is 6.84. The third-order valence-corrected chi connectivity index (χ3v) is 10.4. The van der Waals surface area contributed by atoms with Gasteiger partial charge in [0.15, 0.2) is 0 Å². The zero-order valence-corrected chi connectivity index (χ0v) is 15.2. The summed E-state index contributed by atoms with van der Waals surface area (Å²) in [5.74, 6) is 0. The van der Waals surface area contributed by atoms with Crippen LogP contribution in [0.15, 0.2) is 30.3 Å². The van der Waals surface area contributed by atoms with Crippen LogP contribution in [0.4, 0.5) is 0 Å². The fourth-order valence-corrected chi connectivity index (χ4v) is 4.38. The molecule has 1 aromatic carbocycles. The van der Waals surface area contributed by atoms with Crippen molar-refractivity contribution in [2.24, 2.45) is 0 Å². The number of benzene rings is 1. The molecule has 1 rings (SSSR count). The molecule has 106 valence electrons. The fourth-order valence-electron chi connectivity index (χ4n) is 1.28. The van der Waals surface area contributed by atoms with Gasteiger partial charge in [0.1, 0.15) is 0 Å². The van der Waals surface area contributed by atoms with Gasteiger partial charge < -0.3 is 0 Å². The average molecular weight is 343 g/mol. The van der Waals surface area contributed by atoms with Gasteiger partial charge in [-0.25, -0.2) is 0 Å². The van der Waals surface area contributed by atoms with Gasteiger partial charge >= 0.3 is 124 Å². The molecule has 0 saturated heterocycles. The van der Waals surface area contributed by atoms with E-state index in [0.29, 0.717) is 6.61 Å². The predicted molar refractivity (Wildman–Crippen MR) is 84.8 cm³/mol. The number of carbonyl (C=O) groups excluding carboxylic acids is 1. The van der Waals surface area contributed by atoms with Crippen molar-refractivity contribution >= 4 is 34.0 Å². The van der Waals surface area contributed by atoms with Crippen molar-refractivity contribution in [2.75, 3.05) is 6.61 Å². The zero-order valence-electron chi connectivity index (χ0n) is 12.5. The van der Waals surface area contributed by atoms with Crippen LogP contribution in [0.1, 0.15) is 20.8 Å². The van der Waals surface area contributed by atoms with E-state index in [1.807, 2.05) is 18.2 Å². The Morgan fingerprint density at radius 1 is 1.26 bits per heavy atom. The summed E-state index contributed by atoms with van der Waals surface area (Å²) in [6.45, 7) is 11.7. The first-order valence-electron chi connectivity index (χ1n) is 6.57. The Morgan fingerprint density at radius 3 is 2.32 bits per heavy atom. The number of hydrogen-bond acceptors (Lipinski definition) is 2. The van der Waals surface area contributed by atoms with E-state index in [0.717, 1.165) is 6.29 Å². The summed E-state index contributed by atoms with van der Waals surface area (Å²) in [6, 6.07) is 10.2. The summed E-state index contributed by atoms with van der Waals surface area (Å²) >= 11 is 0.158. The van der Waals surface area contributed by atoms with Crippen LogP contribution < -0.4 is 4.46 Å². The van der Waals surface area contributed by atoms with Crippen LogP contribution in [0.25, 0.3) is 0 Å². The third kappa shape index (κ3) is 5.23. The van der Waals surface area contributed by atoms with Crippen LogP contribution >= 0.6 is 0 Å². The van der Waals surface area contributed by atoms with Crippen molar-refractivity contribution in [1.29, 1.82) is 0 Å². The SMILES string of the molecule is CC(C)(C)[Si](C)(C)OC[C@@H](C=O)[Se]c1ccccc1. The van der Waals surface area contributed by atoms with Crippen molar-refractivity contribution in [3.8, 4) is 0 Å². The number of carbonyl (C=O) groups is 1. The van der Waals surface area contributed by atoms with Crippen molar-refractivity contribution in [2.45, 2.75) is 43.7 Å². The Kier molecular flexibility index (Phi) is 5.99. The molecule has 0 aliphatic carbocycles. The fraction of sp³-hybridized carbons (Fsp3) is 0.533. The van der Waals surface area contributed by atoms with Crippen LogP contribution in [0.5, 0.6) is 0 Å². The Hall–Kier alpha value is -0.414. The first kappa shape index (κ1) is 16.6. The molecule has 0 unspecified atom stereocenters. The van der Waals surface area contributed by atoms with E-state index in [9.17, 15) is 4.79 Å². The van der Waals surface area contributed by atoms with Gasteiger partial charge in [0.05, 0.1) is 0 Å². The van der Waals surface area contributed by atoms with E-state index in [1.54, 1.807) is 0 Å². The molecule has 0 amide bonds. The van der Waals surface area contributed by atoms with E-state index in [-0.39, 0.29) is 24.8 Å². The predicted octanol–water partition coefficient (Wildman–Crippen LogP) is 3.03. The van der Waals surface area contributed by atoms with E-state index >= 15 is 0 Å². The van der Waals surface area contributed by atoms with Crippen LogP contribution in [0.3, 0.4) is 0 Å². The van der Waals surface area contributed by atoms with Crippen molar-refractivity contribution < 1.29 is 9.22 Å². The van der Waals surface area contributed by atoms with Gasteiger partial charge in [0.2, 0.25) is 0 Å². The quantitative estimate of drug-likeness (QED) is 0.586. The van der Waals surface area contributed by atoms with Crippen molar-refractivity contribution in [1.82, 2.24) is 0 Å². The summed E-state index contributed by atoms with van der Waals surface area (Å²) in [6.07, 6.45) is 1.06. The molecule has 1 aromatic rings. The summed E-state index contributed by atoms with van der Waals surface area (Å²) in [7, 11) is -1.75. The topological polar surface area (TPSA) is 26.3 Å². The number of aldehydes is 1. The molecular formula is C15H24O2SeSi. The molecule has 0 aliphatic heterocycles. The van der Waals surface area contributed by atoms with Crippen LogP contribution in [-0.2, 0) is 9.22 Å². The summed E-state index contributed by atoms with van der Waals surface area (Å²) in [4.78, 5) is 11.2. The van der Waals surface area contributed by atoms with Gasteiger partial charge in [-0.05, 0) is 0 Å². The minimum absolute atomic E-state index is 0.0176. The Labute approximate surface area is 124 Å². The third-order valence-electron chi connectivity index (χ3n) is 3.60. The normalized spacial score (nSPS) is 14.2. The zero-order chi connectivity index (χ0) is 14.5. The average Bonchev–Trinajstić information content (AvgIpc) is 2.34. The van der Waals surface area contributed by atoms with Gasteiger partial charge in [-0.2, -0.15) is 0 Å². The summed E-state index contributed by atoms with van der Waals surface area (Å²) in [5.41, 5.74) is 0. The Balaban J connectivity index is 2.57. The van der Waals surface area contributed by atoms with Crippen LogP contribution in [0, 0.1) is 0 Å². The van der Waals surface area contributed by atoms with Gasteiger partial charge in [-0.15, -0.1) is 0 Å². The van der Waals surface area contributed by atoms with Crippen LogP contribution in [0.2, 0.25) is 22.9 Å². The first-order valence-corrected chi connectivity index (χ1v) is 11.3. The number of hydrogen-bond donors (Lipinski definition) is 0. The van der Waals surface area contributed by atoms with Crippen LogP contribution in [-0.4, -0.2) is 36.2 Å². The van der Waals surface area contributed by atoms with E-state index in [4.69, 9.17) is 4.43 Å². The molecular weight excluding hydrogens is 319 g/mol. The summed E-state index contributed by atoms with van der Waals surface area (Å²) < 4.78 is 7.40. The van der Waals surface area contributed by atoms with Gasteiger partial charge in [0, 0.05) is 0 Å². The molecule has 0 fully saturated rings. The molecule has 0 radical (unpaired) electrons. The van der Waals surface area contributed by atoms with Gasteiger partial charge in [-0.3, -0.25) is 0 Å². The van der Waals surface area contributed by atoms with Gasteiger partial charge in [-0.1, -0.05) is 0 Å². The molecule has 2 nitrogen and oxygen atoms in total. The first-order chi connectivity index (χ1) is 8.76. The molecule has 19 heavy (non-hydrogen) atoms. The maximum absolute atomic E-state index is 11.2. The molecule has 0 aliphatic rings. The minimum atomic E-state index is -1.75. The molecule has 0 saturated carbocycles. The molecule has 0 bridgehead atoms. The maximum atomic E-state index is 11.2. The van der Waals surface area contributed by atoms with E-state index in [1.165, 1.54) is 4.46 Å². The molecule has 0 spiro atoms. The second-order valence-corrected chi connectivity index (χ2v) is 13.7. The molecule has 4 heteroatoms. The molecule has 0 N–H and O–H groups in total. The second-order valence-electron chi connectivity index (χ2n) is 6.18. The number of rotatable bonds is 6. The van der Waals surface area contributed by atoms with E-state index < -0.39 is 8.32 Å². The molecule has 0 heterocycles. The Morgan fingerprint density at radius 2 is 1.84 bits per heavy atom. The van der Waals surface area contributed by atoms with Crippen molar-refractivity contribution in [3.63, 3.8) is 0 Å². The molecule has 1 atom stereocenters. The Bertz CT molecular complexity index is 398. The van der Waals surface area contributed by atoms with Crippen molar-refractivity contribution in [3.05, 3.63) is 30.3 Å². The summed E-state index contributed by atoms with van der Waals surface area (Å²) in [5, 5.41) is 0.195. The monoisotopic (exact) mass is 344 g/mol.